The minimum absolute atomic E-state index is 0.0787. The number of halogens is 2. The lowest BCUT2D eigenvalue weighted by Gasteiger charge is -2.36. The second kappa shape index (κ2) is 8.92. The second-order valence-corrected chi connectivity index (χ2v) is 12.7. The number of nitrogens with zero attached hydrogens (tertiary/aromatic N) is 4. The molecule has 1 saturated carbocycles. The van der Waals surface area contributed by atoms with Gasteiger partial charge >= 0.3 is 0 Å². The van der Waals surface area contributed by atoms with Crippen LogP contribution in [0.4, 0.5) is 14.5 Å². The quantitative estimate of drug-likeness (QED) is 0.563. The van der Waals surface area contributed by atoms with E-state index in [1.807, 2.05) is 27.7 Å². The molecule has 0 spiro atoms. The Kier molecular flexibility index (Phi) is 5.83. The molecule has 1 aromatic heterocycles. The highest BCUT2D eigenvalue weighted by Crippen LogP contribution is 2.47. The van der Waals surface area contributed by atoms with E-state index in [-0.39, 0.29) is 35.8 Å². The molecule has 36 heavy (non-hydrogen) atoms. The number of piperidine rings is 1. The average Bonchev–Trinajstić information content (AvgIpc) is 3.61. The van der Waals surface area contributed by atoms with Gasteiger partial charge in [0.2, 0.25) is 0 Å². The normalized spacial score (nSPS) is 31.1. The van der Waals surface area contributed by atoms with Crippen LogP contribution in [0.3, 0.4) is 0 Å². The average molecular weight is 514 g/mol. The van der Waals surface area contributed by atoms with Gasteiger partial charge in [0.25, 0.3) is 0 Å². The standard InChI is InChI=1S/C26H29F2N5O2S/c1-16-25(36(34,35)26(12-29-16)17-5-3-2-4-6-17)9-18-8-22(28)24(11-21(18)27)33-13-19-7-20(33)10-23(19)32-14-30-31-15-32/h2-6,8,11,14-16,19-20,23,25-26,29H,7,9-10,12-13H2,1H3/t16-,19-,20-,23-,25?,26-/m0/s1. The fourth-order valence-electron chi connectivity index (χ4n) is 6.44. The molecule has 6 atom stereocenters. The van der Waals surface area contributed by atoms with Crippen molar-refractivity contribution in [2.75, 3.05) is 18.0 Å². The van der Waals surface area contributed by atoms with Crippen molar-refractivity contribution in [3.05, 3.63) is 77.9 Å². The second-order valence-electron chi connectivity index (χ2n) is 10.3. The fourth-order valence-corrected chi connectivity index (χ4v) is 8.81. The predicted octanol–water partition coefficient (Wildman–Crippen LogP) is 3.46. The predicted molar refractivity (Wildman–Crippen MR) is 132 cm³/mol. The van der Waals surface area contributed by atoms with Gasteiger partial charge in [0.1, 0.15) is 24.3 Å². The van der Waals surface area contributed by atoms with Crippen molar-refractivity contribution in [3.63, 3.8) is 0 Å². The summed E-state index contributed by atoms with van der Waals surface area (Å²) in [7, 11) is -3.63. The minimum atomic E-state index is -3.63. The molecule has 2 saturated heterocycles. The van der Waals surface area contributed by atoms with Crippen LogP contribution in [-0.4, -0.2) is 53.6 Å². The molecule has 0 radical (unpaired) electrons. The Bertz CT molecular complexity index is 1350. The van der Waals surface area contributed by atoms with Crippen LogP contribution in [0.1, 0.15) is 42.2 Å². The van der Waals surface area contributed by atoms with E-state index < -0.39 is 32.0 Å². The maximum absolute atomic E-state index is 15.4. The summed E-state index contributed by atoms with van der Waals surface area (Å²) in [5, 5.41) is 9.47. The molecule has 2 bridgehead atoms. The molecule has 10 heteroatoms. The van der Waals surface area contributed by atoms with Crippen molar-refractivity contribution in [2.24, 2.45) is 5.92 Å². The number of fused-ring (bicyclic) bond motifs is 2. The third kappa shape index (κ3) is 3.91. The Balaban J connectivity index is 1.23. The Hall–Kier alpha value is -2.85. The number of hydrogen-bond acceptors (Lipinski definition) is 6. The molecule has 3 heterocycles. The molecule has 3 fully saturated rings. The number of anilines is 1. The number of benzene rings is 2. The van der Waals surface area contributed by atoms with Gasteiger partial charge in [-0.15, -0.1) is 10.2 Å². The van der Waals surface area contributed by atoms with Crippen LogP contribution in [0, 0.1) is 17.6 Å². The lowest BCUT2D eigenvalue weighted by molar-refractivity contribution is 0.364. The SMILES string of the molecule is C[C@@H]1NC[C@@H](c2ccccc2)S(=O)(=O)C1Cc1cc(F)c(N2C[C@@H]3C[C@H]2C[C@@H]3n2cnnc2)cc1F. The lowest BCUT2D eigenvalue weighted by Crippen LogP contribution is -2.53. The topological polar surface area (TPSA) is 80.1 Å². The molecule has 6 rings (SSSR count). The Morgan fingerprint density at radius 1 is 1.06 bits per heavy atom. The van der Waals surface area contributed by atoms with Crippen LogP contribution in [0.2, 0.25) is 0 Å². The third-order valence-electron chi connectivity index (χ3n) is 8.34. The molecule has 7 nitrogen and oxygen atoms in total. The first-order valence-electron chi connectivity index (χ1n) is 12.4. The number of hydrogen-bond donors (Lipinski definition) is 1. The minimum Gasteiger partial charge on any atom is -0.366 e. The zero-order chi connectivity index (χ0) is 25.0. The number of aromatic nitrogens is 3. The van der Waals surface area contributed by atoms with Gasteiger partial charge in [-0.3, -0.25) is 0 Å². The molecule has 3 aliphatic rings. The first-order chi connectivity index (χ1) is 17.3. The Morgan fingerprint density at radius 3 is 2.50 bits per heavy atom. The molecule has 1 N–H and O–H groups in total. The summed E-state index contributed by atoms with van der Waals surface area (Å²) in [6.45, 7) is 2.73. The van der Waals surface area contributed by atoms with Gasteiger partial charge in [0.05, 0.1) is 16.2 Å². The van der Waals surface area contributed by atoms with Crippen LogP contribution in [0.15, 0.2) is 55.1 Å². The van der Waals surface area contributed by atoms with Crippen molar-refractivity contribution in [1.29, 1.82) is 0 Å². The highest BCUT2D eigenvalue weighted by molar-refractivity contribution is 7.92. The number of rotatable bonds is 5. The van der Waals surface area contributed by atoms with E-state index >= 15 is 8.78 Å². The van der Waals surface area contributed by atoms with Crippen molar-refractivity contribution in [3.8, 4) is 0 Å². The van der Waals surface area contributed by atoms with Gasteiger partial charge in [-0.2, -0.15) is 0 Å². The van der Waals surface area contributed by atoms with E-state index in [9.17, 15) is 8.42 Å². The zero-order valence-electron chi connectivity index (χ0n) is 20.0. The maximum atomic E-state index is 15.4. The van der Waals surface area contributed by atoms with Crippen LogP contribution in [0.5, 0.6) is 0 Å². The van der Waals surface area contributed by atoms with Crippen molar-refractivity contribution in [2.45, 2.75) is 54.8 Å². The van der Waals surface area contributed by atoms with Crippen LogP contribution in [0.25, 0.3) is 0 Å². The summed E-state index contributed by atoms with van der Waals surface area (Å²) in [5.74, 6) is -0.746. The van der Waals surface area contributed by atoms with Gasteiger partial charge in [-0.1, -0.05) is 30.3 Å². The van der Waals surface area contributed by atoms with E-state index in [1.165, 1.54) is 12.1 Å². The molecule has 190 valence electrons. The third-order valence-corrected chi connectivity index (χ3v) is 11.0. The number of nitrogens with one attached hydrogen (secondary N) is 1. The van der Waals surface area contributed by atoms with E-state index in [2.05, 4.69) is 15.5 Å². The first-order valence-corrected chi connectivity index (χ1v) is 14.0. The summed E-state index contributed by atoms with van der Waals surface area (Å²) in [4.78, 5) is 1.96. The molecular weight excluding hydrogens is 484 g/mol. The molecule has 3 aromatic rings. The summed E-state index contributed by atoms with van der Waals surface area (Å²) < 4.78 is 59.8. The van der Waals surface area contributed by atoms with Crippen LogP contribution in [-0.2, 0) is 16.3 Å². The summed E-state index contributed by atoms with van der Waals surface area (Å²) in [6.07, 6.45) is 5.08. The van der Waals surface area contributed by atoms with Gasteiger partial charge in [0, 0.05) is 37.3 Å². The van der Waals surface area contributed by atoms with Crippen molar-refractivity contribution < 1.29 is 17.2 Å². The molecule has 1 unspecified atom stereocenters. The Labute approximate surface area is 209 Å². The van der Waals surface area contributed by atoms with Crippen LogP contribution < -0.4 is 10.2 Å². The molecule has 2 aromatic carbocycles. The Morgan fingerprint density at radius 2 is 1.81 bits per heavy atom. The van der Waals surface area contributed by atoms with E-state index in [0.717, 1.165) is 12.8 Å². The molecule has 0 amide bonds. The summed E-state index contributed by atoms with van der Waals surface area (Å²) in [6, 6.07) is 11.5. The smallest absolute Gasteiger partial charge is 0.163 e. The van der Waals surface area contributed by atoms with Gasteiger partial charge in [-0.05, 0) is 49.3 Å². The monoisotopic (exact) mass is 513 g/mol. The maximum Gasteiger partial charge on any atom is 0.163 e. The number of sulfone groups is 1. The van der Waals surface area contributed by atoms with Crippen molar-refractivity contribution >= 4 is 15.5 Å². The van der Waals surface area contributed by atoms with Gasteiger partial charge in [-0.25, -0.2) is 17.2 Å². The van der Waals surface area contributed by atoms with E-state index in [0.29, 0.717) is 24.6 Å². The largest absolute Gasteiger partial charge is 0.366 e. The highest BCUT2D eigenvalue weighted by atomic mass is 32.2. The molecular formula is C26H29F2N5O2S. The van der Waals surface area contributed by atoms with E-state index in [4.69, 9.17) is 0 Å². The molecule has 1 aliphatic carbocycles. The first kappa shape index (κ1) is 23.5. The highest BCUT2D eigenvalue weighted by Gasteiger charge is 2.47. The summed E-state index contributed by atoms with van der Waals surface area (Å²) in [5.41, 5.74) is 1.06. The van der Waals surface area contributed by atoms with Crippen molar-refractivity contribution in [1.82, 2.24) is 20.1 Å². The van der Waals surface area contributed by atoms with Gasteiger partial charge in [0.15, 0.2) is 9.84 Å². The van der Waals surface area contributed by atoms with E-state index in [1.54, 1.807) is 31.7 Å². The van der Waals surface area contributed by atoms with Gasteiger partial charge < -0.3 is 14.8 Å². The zero-order valence-corrected chi connectivity index (χ0v) is 20.8. The lowest BCUT2D eigenvalue weighted by atomic mass is 10.0. The molecule has 2 aliphatic heterocycles. The van der Waals surface area contributed by atoms with Crippen LogP contribution >= 0.6 is 0 Å². The fraction of sp³-hybridized carbons (Fsp3) is 0.462. The summed E-state index contributed by atoms with van der Waals surface area (Å²) >= 11 is 0.